The second-order valence-corrected chi connectivity index (χ2v) is 6.60. The molecule has 2 aromatic rings. The third kappa shape index (κ3) is 5.24. The molecule has 0 aromatic heterocycles. The Morgan fingerprint density at radius 3 is 2.20 bits per heavy atom. The highest BCUT2D eigenvalue weighted by molar-refractivity contribution is 5.78. The SMILES string of the molecule is COc1ccc([C@H](NC(=O)COc2ccc(C)c(C)c2)C(C)C)cc1. The number of amides is 1. The van der Waals surface area contributed by atoms with Gasteiger partial charge in [0.05, 0.1) is 13.2 Å². The predicted octanol–water partition coefficient (Wildman–Crippen LogP) is 4.20. The van der Waals surface area contributed by atoms with Crippen molar-refractivity contribution >= 4 is 5.91 Å². The van der Waals surface area contributed by atoms with Crippen LogP contribution in [-0.2, 0) is 4.79 Å². The van der Waals surface area contributed by atoms with Crippen molar-refractivity contribution in [3.05, 3.63) is 59.2 Å². The molecule has 0 aliphatic heterocycles. The van der Waals surface area contributed by atoms with Gasteiger partial charge in [0.2, 0.25) is 0 Å². The zero-order chi connectivity index (χ0) is 18.4. The summed E-state index contributed by atoms with van der Waals surface area (Å²) in [7, 11) is 1.64. The van der Waals surface area contributed by atoms with E-state index in [1.807, 2.05) is 56.3 Å². The molecule has 0 fully saturated rings. The molecule has 0 heterocycles. The largest absolute Gasteiger partial charge is 0.497 e. The summed E-state index contributed by atoms with van der Waals surface area (Å²) in [5.74, 6) is 1.64. The average Bonchev–Trinajstić information content (AvgIpc) is 2.60. The van der Waals surface area contributed by atoms with E-state index in [0.29, 0.717) is 5.75 Å². The van der Waals surface area contributed by atoms with Crippen molar-refractivity contribution in [1.82, 2.24) is 5.32 Å². The van der Waals surface area contributed by atoms with Gasteiger partial charge >= 0.3 is 0 Å². The summed E-state index contributed by atoms with van der Waals surface area (Å²) in [5.41, 5.74) is 3.41. The molecule has 0 saturated heterocycles. The van der Waals surface area contributed by atoms with Crippen LogP contribution in [0, 0.1) is 19.8 Å². The molecular formula is C21H27NO3. The Kier molecular flexibility index (Phi) is 6.45. The molecule has 25 heavy (non-hydrogen) atoms. The van der Waals surface area contributed by atoms with E-state index < -0.39 is 0 Å². The van der Waals surface area contributed by atoms with Gasteiger partial charge in [-0.1, -0.05) is 32.0 Å². The molecule has 1 atom stereocenters. The quantitative estimate of drug-likeness (QED) is 0.821. The molecule has 4 heteroatoms. The fourth-order valence-electron chi connectivity index (χ4n) is 2.61. The number of nitrogens with one attached hydrogen (secondary N) is 1. The van der Waals surface area contributed by atoms with Crippen molar-refractivity contribution in [1.29, 1.82) is 0 Å². The van der Waals surface area contributed by atoms with Crippen LogP contribution in [0.25, 0.3) is 0 Å². The summed E-state index contributed by atoms with van der Waals surface area (Å²) in [6, 6.07) is 13.5. The molecule has 2 aromatic carbocycles. The van der Waals surface area contributed by atoms with Crippen LogP contribution in [0.3, 0.4) is 0 Å². The first-order valence-corrected chi connectivity index (χ1v) is 8.54. The molecule has 4 nitrogen and oxygen atoms in total. The maximum atomic E-state index is 12.3. The van der Waals surface area contributed by atoms with Gasteiger partial charge in [0, 0.05) is 0 Å². The predicted molar refractivity (Wildman–Crippen MR) is 100 cm³/mol. The Morgan fingerprint density at radius 2 is 1.64 bits per heavy atom. The topological polar surface area (TPSA) is 47.6 Å². The van der Waals surface area contributed by atoms with Crippen molar-refractivity contribution in [2.75, 3.05) is 13.7 Å². The number of aryl methyl sites for hydroxylation is 2. The lowest BCUT2D eigenvalue weighted by atomic mass is 9.96. The summed E-state index contributed by atoms with van der Waals surface area (Å²) in [4.78, 5) is 12.3. The summed E-state index contributed by atoms with van der Waals surface area (Å²) in [5, 5.41) is 3.06. The molecule has 0 aliphatic carbocycles. The minimum Gasteiger partial charge on any atom is -0.497 e. The van der Waals surface area contributed by atoms with Gasteiger partial charge in [-0.05, 0) is 60.7 Å². The van der Waals surface area contributed by atoms with Gasteiger partial charge in [0.15, 0.2) is 6.61 Å². The molecule has 0 saturated carbocycles. The molecular weight excluding hydrogens is 314 g/mol. The molecule has 0 bridgehead atoms. The molecule has 1 amide bonds. The Bertz CT molecular complexity index is 708. The van der Waals surface area contributed by atoms with E-state index in [0.717, 1.165) is 16.9 Å². The van der Waals surface area contributed by atoms with Gasteiger partial charge in [-0.25, -0.2) is 0 Å². The van der Waals surface area contributed by atoms with Gasteiger partial charge in [0.25, 0.3) is 5.91 Å². The summed E-state index contributed by atoms with van der Waals surface area (Å²) in [6.45, 7) is 8.25. The van der Waals surface area contributed by atoms with Crippen molar-refractivity contribution in [3.8, 4) is 11.5 Å². The summed E-state index contributed by atoms with van der Waals surface area (Å²) < 4.78 is 10.8. The van der Waals surface area contributed by atoms with Gasteiger partial charge in [-0.3, -0.25) is 4.79 Å². The number of carbonyl (C=O) groups excluding carboxylic acids is 1. The Morgan fingerprint density at radius 1 is 1.00 bits per heavy atom. The number of hydrogen-bond donors (Lipinski definition) is 1. The first-order chi connectivity index (χ1) is 11.9. The van der Waals surface area contributed by atoms with Crippen LogP contribution in [0.1, 0.15) is 36.6 Å². The van der Waals surface area contributed by atoms with Crippen molar-refractivity contribution < 1.29 is 14.3 Å². The third-order valence-electron chi connectivity index (χ3n) is 4.31. The van der Waals surface area contributed by atoms with Crippen LogP contribution in [0.2, 0.25) is 0 Å². The first-order valence-electron chi connectivity index (χ1n) is 8.54. The lowest BCUT2D eigenvalue weighted by Gasteiger charge is -2.23. The number of rotatable bonds is 7. The highest BCUT2D eigenvalue weighted by Gasteiger charge is 2.18. The summed E-state index contributed by atoms with van der Waals surface area (Å²) >= 11 is 0. The second kappa shape index (κ2) is 8.56. The van der Waals surface area contributed by atoms with Crippen LogP contribution in [0.15, 0.2) is 42.5 Å². The Labute approximate surface area is 150 Å². The lowest BCUT2D eigenvalue weighted by molar-refractivity contribution is -0.124. The molecule has 134 valence electrons. The molecule has 0 unspecified atom stereocenters. The molecule has 1 N–H and O–H groups in total. The Hall–Kier alpha value is -2.49. The van der Waals surface area contributed by atoms with E-state index >= 15 is 0 Å². The van der Waals surface area contributed by atoms with Crippen LogP contribution in [0.4, 0.5) is 0 Å². The van der Waals surface area contributed by atoms with Gasteiger partial charge < -0.3 is 14.8 Å². The number of ether oxygens (including phenoxy) is 2. The zero-order valence-corrected chi connectivity index (χ0v) is 15.6. The average molecular weight is 341 g/mol. The Balaban J connectivity index is 1.98. The molecule has 0 spiro atoms. The highest BCUT2D eigenvalue weighted by Crippen LogP contribution is 2.24. The minimum atomic E-state index is -0.132. The van der Waals surface area contributed by atoms with E-state index in [9.17, 15) is 4.79 Å². The van der Waals surface area contributed by atoms with E-state index in [1.165, 1.54) is 5.56 Å². The van der Waals surface area contributed by atoms with Gasteiger partial charge in [0.1, 0.15) is 11.5 Å². The van der Waals surface area contributed by atoms with Crippen molar-refractivity contribution in [2.24, 2.45) is 5.92 Å². The van der Waals surface area contributed by atoms with Crippen molar-refractivity contribution in [2.45, 2.75) is 33.7 Å². The van der Waals surface area contributed by atoms with Crippen LogP contribution in [0.5, 0.6) is 11.5 Å². The number of carbonyl (C=O) groups is 1. The molecule has 0 radical (unpaired) electrons. The standard InChI is InChI=1S/C21H27NO3/c1-14(2)21(17-7-10-18(24-5)11-8-17)22-20(23)13-25-19-9-6-15(3)16(4)12-19/h6-12,14,21H,13H2,1-5H3,(H,22,23)/t21-/m1/s1. The fraction of sp³-hybridized carbons (Fsp3) is 0.381. The fourth-order valence-corrected chi connectivity index (χ4v) is 2.61. The zero-order valence-electron chi connectivity index (χ0n) is 15.6. The maximum absolute atomic E-state index is 12.3. The van der Waals surface area contributed by atoms with Gasteiger partial charge in [-0.15, -0.1) is 0 Å². The summed E-state index contributed by atoms with van der Waals surface area (Å²) in [6.07, 6.45) is 0. The van der Waals surface area contributed by atoms with E-state index in [1.54, 1.807) is 7.11 Å². The molecule has 2 rings (SSSR count). The third-order valence-corrected chi connectivity index (χ3v) is 4.31. The highest BCUT2D eigenvalue weighted by atomic mass is 16.5. The molecule has 0 aliphatic rings. The number of hydrogen-bond acceptors (Lipinski definition) is 3. The lowest BCUT2D eigenvalue weighted by Crippen LogP contribution is -2.35. The monoisotopic (exact) mass is 341 g/mol. The normalized spacial score (nSPS) is 11.9. The smallest absolute Gasteiger partial charge is 0.258 e. The van der Waals surface area contributed by atoms with Gasteiger partial charge in [-0.2, -0.15) is 0 Å². The van der Waals surface area contributed by atoms with Crippen LogP contribution < -0.4 is 14.8 Å². The van der Waals surface area contributed by atoms with Crippen molar-refractivity contribution in [3.63, 3.8) is 0 Å². The first kappa shape index (κ1) is 18.8. The second-order valence-electron chi connectivity index (χ2n) is 6.60. The van der Waals surface area contributed by atoms with E-state index in [-0.39, 0.29) is 24.5 Å². The maximum Gasteiger partial charge on any atom is 0.258 e. The van der Waals surface area contributed by atoms with Crippen LogP contribution >= 0.6 is 0 Å². The number of methoxy groups -OCH3 is 1. The minimum absolute atomic E-state index is 0.00186. The van der Waals surface area contributed by atoms with E-state index in [4.69, 9.17) is 9.47 Å². The van der Waals surface area contributed by atoms with Crippen LogP contribution in [-0.4, -0.2) is 19.6 Å². The number of benzene rings is 2. The van der Waals surface area contributed by atoms with E-state index in [2.05, 4.69) is 19.2 Å².